The molecule has 0 heterocycles. The molecule has 0 saturated heterocycles. The minimum absolute atomic E-state index is 0.120. The first-order valence-corrected chi connectivity index (χ1v) is 3.76. The quantitative estimate of drug-likeness (QED) is 0.550. The zero-order valence-electron chi connectivity index (χ0n) is 4.20. The summed E-state index contributed by atoms with van der Waals surface area (Å²) in [6, 6.07) is 0. The molecule has 0 atom stereocenters. The fourth-order valence-corrected chi connectivity index (χ4v) is 0.926. The minimum Gasteiger partial charge on any atom is -0.255 e. The summed E-state index contributed by atoms with van der Waals surface area (Å²) in [5, 5.41) is 4.53. The normalized spacial score (nSPS) is 21.1. The van der Waals surface area contributed by atoms with Crippen molar-refractivity contribution in [1.82, 2.24) is 0 Å². The SMILES string of the molecule is NS(=O)(=O)OC1CC1. The third-order valence-electron chi connectivity index (χ3n) is 0.795. The molecule has 0 aromatic carbocycles. The van der Waals surface area contributed by atoms with Crippen molar-refractivity contribution in [3.8, 4) is 0 Å². The maximum Gasteiger partial charge on any atom is 0.333 e. The van der Waals surface area contributed by atoms with Crippen LogP contribution < -0.4 is 5.14 Å². The molecule has 48 valence electrons. The lowest BCUT2D eigenvalue weighted by Crippen LogP contribution is -2.16. The van der Waals surface area contributed by atoms with Gasteiger partial charge in [0, 0.05) is 0 Å². The predicted octanol–water partition coefficient (Wildman–Crippen LogP) is -0.631. The van der Waals surface area contributed by atoms with Crippen LogP contribution in [0.1, 0.15) is 12.8 Å². The Balaban J connectivity index is 2.38. The average molecular weight is 137 g/mol. The van der Waals surface area contributed by atoms with Crippen molar-refractivity contribution in [2.75, 3.05) is 0 Å². The Kier molecular flexibility index (Phi) is 1.26. The molecular formula is C3H7NO3S. The highest BCUT2D eigenvalue weighted by Crippen LogP contribution is 2.24. The standard InChI is InChI=1S/C3H7NO3S/c4-8(5,6)7-3-1-2-3/h3H,1-2H2,(H2,4,5,6). The monoisotopic (exact) mass is 137 g/mol. The van der Waals surface area contributed by atoms with Crippen LogP contribution in [0.15, 0.2) is 0 Å². The third kappa shape index (κ3) is 2.25. The summed E-state index contributed by atoms with van der Waals surface area (Å²) in [5.74, 6) is 0. The lowest BCUT2D eigenvalue weighted by molar-refractivity contribution is 0.306. The van der Waals surface area contributed by atoms with Gasteiger partial charge in [0.2, 0.25) is 0 Å². The number of nitrogens with two attached hydrogens (primary N) is 1. The molecule has 4 nitrogen and oxygen atoms in total. The summed E-state index contributed by atoms with van der Waals surface area (Å²) >= 11 is 0. The Hall–Kier alpha value is -0.130. The third-order valence-corrected chi connectivity index (χ3v) is 1.33. The van der Waals surface area contributed by atoms with Crippen LogP contribution in [0.4, 0.5) is 0 Å². The molecule has 0 radical (unpaired) electrons. The van der Waals surface area contributed by atoms with Crippen LogP contribution >= 0.6 is 0 Å². The van der Waals surface area contributed by atoms with Gasteiger partial charge in [-0.15, -0.1) is 0 Å². The summed E-state index contributed by atoms with van der Waals surface area (Å²) in [5.41, 5.74) is 0. The summed E-state index contributed by atoms with van der Waals surface area (Å²) in [6.07, 6.45) is 1.51. The van der Waals surface area contributed by atoms with E-state index >= 15 is 0 Å². The van der Waals surface area contributed by atoms with Crippen LogP contribution in [-0.2, 0) is 14.5 Å². The van der Waals surface area contributed by atoms with Crippen molar-refractivity contribution in [2.45, 2.75) is 18.9 Å². The van der Waals surface area contributed by atoms with Gasteiger partial charge in [-0.2, -0.15) is 8.42 Å². The van der Waals surface area contributed by atoms with Crippen LogP contribution in [0, 0.1) is 0 Å². The highest BCUT2D eigenvalue weighted by atomic mass is 32.2. The Morgan fingerprint density at radius 1 is 1.50 bits per heavy atom. The van der Waals surface area contributed by atoms with Crippen LogP contribution in [0.2, 0.25) is 0 Å². The molecule has 1 fully saturated rings. The van der Waals surface area contributed by atoms with E-state index in [1.807, 2.05) is 0 Å². The van der Waals surface area contributed by atoms with E-state index in [1.54, 1.807) is 0 Å². The highest BCUT2D eigenvalue weighted by Gasteiger charge is 2.26. The van der Waals surface area contributed by atoms with Crippen molar-refractivity contribution < 1.29 is 12.6 Å². The summed E-state index contributed by atoms with van der Waals surface area (Å²) in [6.45, 7) is 0. The van der Waals surface area contributed by atoms with E-state index in [9.17, 15) is 8.42 Å². The van der Waals surface area contributed by atoms with Crippen molar-refractivity contribution in [1.29, 1.82) is 0 Å². The molecular weight excluding hydrogens is 130 g/mol. The molecule has 1 aliphatic rings. The molecule has 0 amide bonds. The van der Waals surface area contributed by atoms with E-state index in [1.165, 1.54) is 0 Å². The maximum atomic E-state index is 10.0. The van der Waals surface area contributed by atoms with Crippen molar-refractivity contribution >= 4 is 10.3 Å². The molecule has 0 aromatic heterocycles. The Labute approximate surface area is 47.9 Å². The van der Waals surface area contributed by atoms with Gasteiger partial charge in [-0.05, 0) is 12.8 Å². The van der Waals surface area contributed by atoms with Gasteiger partial charge in [-0.3, -0.25) is 4.18 Å². The van der Waals surface area contributed by atoms with Crippen molar-refractivity contribution in [3.63, 3.8) is 0 Å². The first kappa shape index (κ1) is 6.00. The number of rotatable bonds is 2. The summed E-state index contributed by atoms with van der Waals surface area (Å²) in [4.78, 5) is 0. The molecule has 0 aromatic rings. The van der Waals surface area contributed by atoms with Gasteiger partial charge in [0.05, 0.1) is 6.10 Å². The molecule has 1 aliphatic carbocycles. The first-order chi connectivity index (χ1) is 3.58. The van der Waals surface area contributed by atoms with Crippen LogP contribution in [0.5, 0.6) is 0 Å². The molecule has 0 bridgehead atoms. The Morgan fingerprint density at radius 2 is 2.00 bits per heavy atom. The lowest BCUT2D eigenvalue weighted by Gasteiger charge is -1.92. The molecule has 1 saturated carbocycles. The van der Waals surface area contributed by atoms with Gasteiger partial charge in [-0.1, -0.05) is 0 Å². The molecule has 0 unspecified atom stereocenters. The van der Waals surface area contributed by atoms with Gasteiger partial charge in [-0.25, -0.2) is 5.14 Å². The Morgan fingerprint density at radius 3 is 2.12 bits per heavy atom. The molecule has 8 heavy (non-hydrogen) atoms. The van der Waals surface area contributed by atoms with Crippen LogP contribution in [0.3, 0.4) is 0 Å². The molecule has 0 aliphatic heterocycles. The van der Waals surface area contributed by atoms with Gasteiger partial charge in [0.15, 0.2) is 0 Å². The lowest BCUT2D eigenvalue weighted by atomic mass is 10.9. The van der Waals surface area contributed by atoms with E-state index in [0.717, 1.165) is 12.8 Å². The fraction of sp³-hybridized carbons (Fsp3) is 1.00. The molecule has 0 spiro atoms. The van der Waals surface area contributed by atoms with E-state index in [-0.39, 0.29) is 6.10 Å². The van der Waals surface area contributed by atoms with Gasteiger partial charge in [0.1, 0.15) is 0 Å². The van der Waals surface area contributed by atoms with Gasteiger partial charge >= 0.3 is 10.3 Å². The first-order valence-electron chi connectivity index (χ1n) is 2.29. The average Bonchev–Trinajstić information content (AvgIpc) is 2.12. The van der Waals surface area contributed by atoms with Crippen molar-refractivity contribution in [2.24, 2.45) is 5.14 Å². The smallest absolute Gasteiger partial charge is 0.255 e. The topological polar surface area (TPSA) is 69.4 Å². The van der Waals surface area contributed by atoms with E-state index in [4.69, 9.17) is 0 Å². The molecule has 2 N–H and O–H groups in total. The van der Waals surface area contributed by atoms with Gasteiger partial charge < -0.3 is 0 Å². The number of hydrogen-bond donors (Lipinski definition) is 1. The van der Waals surface area contributed by atoms with Gasteiger partial charge in [0.25, 0.3) is 0 Å². The second-order valence-electron chi connectivity index (χ2n) is 1.79. The predicted molar refractivity (Wildman–Crippen MR) is 27.2 cm³/mol. The zero-order valence-corrected chi connectivity index (χ0v) is 5.02. The van der Waals surface area contributed by atoms with E-state index < -0.39 is 10.3 Å². The zero-order chi connectivity index (χ0) is 6.20. The van der Waals surface area contributed by atoms with Crippen molar-refractivity contribution in [3.05, 3.63) is 0 Å². The van der Waals surface area contributed by atoms with Crippen LogP contribution in [-0.4, -0.2) is 14.5 Å². The second kappa shape index (κ2) is 1.68. The summed E-state index contributed by atoms with van der Waals surface area (Å²) < 4.78 is 24.4. The fourth-order valence-electron chi connectivity index (χ4n) is 0.354. The van der Waals surface area contributed by atoms with E-state index in [2.05, 4.69) is 9.32 Å². The second-order valence-corrected chi connectivity index (χ2v) is 2.97. The van der Waals surface area contributed by atoms with Crippen LogP contribution in [0.25, 0.3) is 0 Å². The molecule has 1 rings (SSSR count). The molecule has 5 heteroatoms. The minimum atomic E-state index is -3.66. The van der Waals surface area contributed by atoms with E-state index in [0.29, 0.717) is 0 Å². The Bertz CT molecular complexity index is 169. The number of hydrogen-bond acceptors (Lipinski definition) is 3. The maximum absolute atomic E-state index is 10.0. The summed E-state index contributed by atoms with van der Waals surface area (Å²) in [7, 11) is -3.66. The highest BCUT2D eigenvalue weighted by molar-refractivity contribution is 7.84. The largest absolute Gasteiger partial charge is 0.333 e.